The summed E-state index contributed by atoms with van der Waals surface area (Å²) in [5.74, 6) is -5.86. The van der Waals surface area contributed by atoms with E-state index in [2.05, 4.69) is 5.32 Å². The molecule has 0 unspecified atom stereocenters. The average molecular weight is 251 g/mol. The van der Waals surface area contributed by atoms with E-state index >= 15 is 0 Å². The van der Waals surface area contributed by atoms with Crippen molar-refractivity contribution in [2.24, 2.45) is 0 Å². The van der Waals surface area contributed by atoms with Crippen LogP contribution in [0.4, 0.5) is 13.6 Å². The van der Waals surface area contributed by atoms with Gasteiger partial charge in [-0.25, -0.2) is 9.59 Å². The van der Waals surface area contributed by atoms with Gasteiger partial charge in [0, 0.05) is 33.2 Å². The zero-order valence-electron chi connectivity index (χ0n) is 9.45. The molecule has 2 amide bonds. The van der Waals surface area contributed by atoms with Crippen LogP contribution in [0.2, 0.25) is 0 Å². The van der Waals surface area contributed by atoms with E-state index in [0.29, 0.717) is 13.1 Å². The summed E-state index contributed by atoms with van der Waals surface area (Å²) in [5.41, 5.74) is 0. The fourth-order valence-corrected chi connectivity index (χ4v) is 1.62. The average Bonchev–Trinajstić information content (AvgIpc) is 2.28. The maximum Gasteiger partial charge on any atom is 0.375 e. The van der Waals surface area contributed by atoms with E-state index in [0.717, 1.165) is 0 Å². The molecule has 0 aliphatic carbocycles. The first kappa shape index (κ1) is 13.6. The number of piperazine rings is 1. The van der Waals surface area contributed by atoms with Crippen molar-refractivity contribution in [2.45, 2.75) is 5.92 Å². The molecule has 0 saturated carbocycles. The van der Waals surface area contributed by atoms with Crippen molar-refractivity contribution in [3.05, 3.63) is 0 Å². The summed E-state index contributed by atoms with van der Waals surface area (Å²) >= 11 is 0. The molecule has 1 aliphatic heterocycles. The minimum absolute atomic E-state index is 0.246. The number of carbonyl (C=O) groups excluding carboxylic acids is 1. The van der Waals surface area contributed by atoms with Gasteiger partial charge in [0.15, 0.2) is 0 Å². The van der Waals surface area contributed by atoms with Crippen molar-refractivity contribution in [1.82, 2.24) is 15.1 Å². The summed E-state index contributed by atoms with van der Waals surface area (Å²) in [6.07, 6.45) is 0. The Morgan fingerprint density at radius 2 is 1.82 bits per heavy atom. The Hall–Kier alpha value is -1.44. The van der Waals surface area contributed by atoms with Crippen LogP contribution in [-0.4, -0.2) is 72.6 Å². The highest BCUT2D eigenvalue weighted by Crippen LogP contribution is 2.16. The number of hydrogen-bond donors (Lipinski definition) is 2. The van der Waals surface area contributed by atoms with Gasteiger partial charge in [0.2, 0.25) is 0 Å². The van der Waals surface area contributed by atoms with Gasteiger partial charge in [0.1, 0.15) is 0 Å². The van der Waals surface area contributed by atoms with Gasteiger partial charge < -0.3 is 15.3 Å². The van der Waals surface area contributed by atoms with E-state index in [1.807, 2.05) is 0 Å². The number of carbonyl (C=O) groups is 2. The first-order valence-corrected chi connectivity index (χ1v) is 5.17. The molecule has 0 aromatic rings. The highest BCUT2D eigenvalue weighted by molar-refractivity contribution is 5.75. The second-order valence-corrected chi connectivity index (χ2v) is 3.83. The van der Waals surface area contributed by atoms with Crippen LogP contribution < -0.4 is 5.32 Å². The Balaban J connectivity index is 2.43. The summed E-state index contributed by atoms with van der Waals surface area (Å²) in [6.45, 7) is 0.307. The predicted molar refractivity (Wildman–Crippen MR) is 55.1 cm³/mol. The van der Waals surface area contributed by atoms with Gasteiger partial charge in [-0.05, 0) is 0 Å². The van der Waals surface area contributed by atoms with Gasteiger partial charge in [0.05, 0.1) is 6.54 Å². The second kappa shape index (κ2) is 5.26. The Morgan fingerprint density at radius 3 is 2.24 bits per heavy atom. The molecule has 0 aromatic carbocycles. The van der Waals surface area contributed by atoms with Crippen molar-refractivity contribution in [3.63, 3.8) is 0 Å². The molecular weight excluding hydrogens is 236 g/mol. The highest BCUT2D eigenvalue weighted by Gasteiger charge is 2.41. The molecule has 98 valence electrons. The molecule has 2 N–H and O–H groups in total. The van der Waals surface area contributed by atoms with Crippen LogP contribution in [0.3, 0.4) is 0 Å². The lowest BCUT2D eigenvalue weighted by Gasteiger charge is -2.35. The fourth-order valence-electron chi connectivity index (χ4n) is 1.62. The first-order chi connectivity index (χ1) is 7.86. The quantitative estimate of drug-likeness (QED) is 0.720. The molecule has 0 bridgehead atoms. The molecule has 1 rings (SSSR count). The Morgan fingerprint density at radius 1 is 1.29 bits per heavy atom. The van der Waals surface area contributed by atoms with Crippen molar-refractivity contribution in [1.29, 1.82) is 0 Å². The number of nitrogens with zero attached hydrogens (tertiary/aromatic N) is 2. The summed E-state index contributed by atoms with van der Waals surface area (Å²) in [5, 5.41) is 10.7. The Bertz CT molecular complexity index is 304. The maximum atomic E-state index is 12.9. The number of rotatable bonds is 3. The lowest BCUT2D eigenvalue weighted by molar-refractivity contribution is -0.167. The van der Waals surface area contributed by atoms with E-state index in [9.17, 15) is 18.4 Å². The normalized spacial score (nSPS) is 17.9. The van der Waals surface area contributed by atoms with Gasteiger partial charge in [-0.15, -0.1) is 0 Å². The largest absolute Gasteiger partial charge is 0.477 e. The van der Waals surface area contributed by atoms with Gasteiger partial charge in [-0.1, -0.05) is 0 Å². The number of nitrogens with one attached hydrogen (secondary N) is 1. The minimum atomic E-state index is -3.74. The lowest BCUT2D eigenvalue weighted by Crippen LogP contribution is -2.54. The summed E-state index contributed by atoms with van der Waals surface area (Å²) in [4.78, 5) is 24.3. The third kappa shape index (κ3) is 3.52. The number of carboxylic acid groups (broad SMARTS) is 1. The number of amides is 2. The molecule has 6 nitrogen and oxygen atoms in total. The molecule has 0 aromatic heterocycles. The van der Waals surface area contributed by atoms with Gasteiger partial charge in [-0.2, -0.15) is 8.78 Å². The van der Waals surface area contributed by atoms with Crippen LogP contribution in [0.15, 0.2) is 0 Å². The molecule has 1 heterocycles. The molecular formula is C9H15F2N3O3. The van der Waals surface area contributed by atoms with Gasteiger partial charge >= 0.3 is 17.9 Å². The molecule has 1 fully saturated rings. The number of halogens is 2. The van der Waals surface area contributed by atoms with Crippen molar-refractivity contribution in [2.75, 3.05) is 39.8 Å². The van der Waals surface area contributed by atoms with E-state index in [4.69, 9.17) is 5.11 Å². The minimum Gasteiger partial charge on any atom is -0.477 e. The van der Waals surface area contributed by atoms with E-state index in [1.54, 1.807) is 0 Å². The number of alkyl halides is 2. The maximum absolute atomic E-state index is 12.9. The Kier molecular flexibility index (Phi) is 4.22. The zero-order valence-corrected chi connectivity index (χ0v) is 9.45. The third-order valence-corrected chi connectivity index (χ3v) is 2.61. The standard InChI is InChI=1S/C9H15F2N3O3/c1-12-8(17)14-4-2-13(3-5-14)6-9(10,11)7(15)16/h2-6H2,1H3,(H,12,17)(H,15,16). The van der Waals surface area contributed by atoms with Gasteiger partial charge in [-0.3, -0.25) is 4.90 Å². The van der Waals surface area contributed by atoms with Crippen molar-refractivity contribution >= 4 is 12.0 Å². The molecule has 1 aliphatic rings. The van der Waals surface area contributed by atoms with Crippen LogP contribution in [-0.2, 0) is 4.79 Å². The molecule has 0 radical (unpaired) electrons. The molecule has 0 atom stereocenters. The predicted octanol–water partition coefficient (Wildman–Crippen LogP) is -0.337. The number of carboxylic acids is 1. The number of urea groups is 1. The van der Waals surface area contributed by atoms with Crippen LogP contribution >= 0.6 is 0 Å². The number of hydrogen-bond acceptors (Lipinski definition) is 3. The summed E-state index contributed by atoms with van der Waals surface area (Å²) < 4.78 is 25.8. The summed E-state index contributed by atoms with van der Waals surface area (Å²) in [7, 11) is 1.49. The Labute approximate surface area is 97.2 Å². The van der Waals surface area contributed by atoms with Crippen molar-refractivity contribution < 1.29 is 23.5 Å². The second-order valence-electron chi connectivity index (χ2n) is 3.83. The van der Waals surface area contributed by atoms with E-state index in [1.165, 1.54) is 16.8 Å². The number of aliphatic carboxylic acids is 1. The monoisotopic (exact) mass is 251 g/mol. The zero-order chi connectivity index (χ0) is 13.1. The van der Waals surface area contributed by atoms with Crippen LogP contribution in [0.1, 0.15) is 0 Å². The smallest absolute Gasteiger partial charge is 0.375 e. The van der Waals surface area contributed by atoms with Crippen LogP contribution in [0, 0.1) is 0 Å². The highest BCUT2D eigenvalue weighted by atomic mass is 19.3. The first-order valence-electron chi connectivity index (χ1n) is 5.17. The summed E-state index contributed by atoms with van der Waals surface area (Å²) in [6, 6.07) is -0.255. The van der Waals surface area contributed by atoms with Gasteiger partial charge in [0.25, 0.3) is 0 Å². The van der Waals surface area contributed by atoms with E-state index < -0.39 is 18.4 Å². The lowest BCUT2D eigenvalue weighted by atomic mass is 10.2. The SMILES string of the molecule is CNC(=O)N1CCN(CC(F)(F)C(=O)O)CC1. The van der Waals surface area contributed by atoms with E-state index in [-0.39, 0.29) is 19.1 Å². The fraction of sp³-hybridized carbons (Fsp3) is 0.778. The van der Waals surface area contributed by atoms with Crippen LogP contribution in [0.25, 0.3) is 0 Å². The molecule has 8 heteroatoms. The van der Waals surface area contributed by atoms with Crippen molar-refractivity contribution in [3.8, 4) is 0 Å². The molecule has 0 spiro atoms. The van der Waals surface area contributed by atoms with Crippen LogP contribution in [0.5, 0.6) is 0 Å². The molecule has 17 heavy (non-hydrogen) atoms. The molecule has 1 saturated heterocycles. The third-order valence-electron chi connectivity index (χ3n) is 2.61. The topological polar surface area (TPSA) is 72.9 Å².